The number of fused-ring (bicyclic) bond motifs is 3. The summed E-state index contributed by atoms with van der Waals surface area (Å²) >= 11 is 1.81. The number of likely N-dealkylation sites (tertiary alicyclic amines) is 1. The molecule has 1 aliphatic carbocycles. The van der Waals surface area contributed by atoms with Crippen LogP contribution in [0.2, 0.25) is 0 Å². The molecule has 0 bridgehead atoms. The number of hydrogen-bond acceptors (Lipinski definition) is 5. The molecule has 1 amide bonds. The maximum Gasteiger partial charge on any atom is 0.224 e. The molecule has 0 saturated carbocycles. The molecule has 6 heteroatoms. The molecule has 122 valence electrons. The predicted octanol–water partition coefficient (Wildman–Crippen LogP) is 2.99. The van der Waals surface area contributed by atoms with E-state index in [-0.39, 0.29) is 5.91 Å². The molecule has 1 aliphatic heterocycles. The molecule has 1 fully saturated rings. The quantitative estimate of drug-likeness (QED) is 0.936. The van der Waals surface area contributed by atoms with Crippen molar-refractivity contribution in [3.8, 4) is 0 Å². The molecule has 2 aromatic heterocycles. The lowest BCUT2D eigenvalue weighted by Gasteiger charge is -2.16. The van der Waals surface area contributed by atoms with Crippen LogP contribution >= 0.6 is 11.3 Å². The lowest BCUT2D eigenvalue weighted by Crippen LogP contribution is -2.29. The normalized spacial score (nSPS) is 17.5. The van der Waals surface area contributed by atoms with Gasteiger partial charge in [0, 0.05) is 30.9 Å². The van der Waals surface area contributed by atoms with Gasteiger partial charge in [0.15, 0.2) is 0 Å². The second-order valence-electron chi connectivity index (χ2n) is 6.38. The van der Waals surface area contributed by atoms with Gasteiger partial charge in [-0.2, -0.15) is 0 Å². The van der Waals surface area contributed by atoms with Crippen molar-refractivity contribution in [1.82, 2.24) is 14.9 Å². The smallest absolute Gasteiger partial charge is 0.224 e. The fourth-order valence-electron chi connectivity index (χ4n) is 3.64. The Bertz CT molecular complexity index is 721. The van der Waals surface area contributed by atoms with Gasteiger partial charge in [0.1, 0.15) is 17.0 Å². The van der Waals surface area contributed by atoms with Gasteiger partial charge in [-0.15, -0.1) is 11.3 Å². The summed E-state index contributed by atoms with van der Waals surface area (Å²) in [5.41, 5.74) is 1.44. The van der Waals surface area contributed by atoms with Crippen LogP contribution in [0.4, 0.5) is 5.82 Å². The fourth-order valence-corrected chi connectivity index (χ4v) is 4.87. The predicted molar refractivity (Wildman–Crippen MR) is 93.0 cm³/mol. The first-order valence-corrected chi connectivity index (χ1v) is 9.41. The van der Waals surface area contributed by atoms with Crippen LogP contribution < -0.4 is 5.32 Å². The Labute approximate surface area is 140 Å². The summed E-state index contributed by atoms with van der Waals surface area (Å²) in [4.78, 5) is 25.6. The highest BCUT2D eigenvalue weighted by Gasteiger charge is 2.20. The van der Waals surface area contributed by atoms with Gasteiger partial charge in [-0.05, 0) is 44.1 Å². The summed E-state index contributed by atoms with van der Waals surface area (Å²) < 4.78 is 0. The van der Waals surface area contributed by atoms with E-state index in [1.165, 1.54) is 35.1 Å². The Balaban J connectivity index is 1.48. The molecular weight excluding hydrogens is 308 g/mol. The Hall–Kier alpha value is -1.69. The highest BCUT2D eigenvalue weighted by atomic mass is 32.1. The zero-order valence-electron chi connectivity index (χ0n) is 13.3. The lowest BCUT2D eigenvalue weighted by molar-refractivity contribution is -0.129. The third-order valence-electron chi connectivity index (χ3n) is 4.84. The monoisotopic (exact) mass is 330 g/mol. The van der Waals surface area contributed by atoms with Crippen LogP contribution in [-0.4, -0.2) is 40.4 Å². The molecule has 23 heavy (non-hydrogen) atoms. The summed E-state index contributed by atoms with van der Waals surface area (Å²) in [7, 11) is 0. The van der Waals surface area contributed by atoms with E-state index in [0.29, 0.717) is 13.0 Å². The maximum absolute atomic E-state index is 12.1. The number of aromatic nitrogens is 2. The molecule has 0 spiro atoms. The molecule has 4 rings (SSSR count). The minimum atomic E-state index is 0.257. The van der Waals surface area contributed by atoms with Crippen LogP contribution in [0.5, 0.6) is 0 Å². The molecule has 1 saturated heterocycles. The number of nitrogens with one attached hydrogen (secondary N) is 1. The molecule has 0 aromatic carbocycles. The molecular formula is C17H22N4OS. The Morgan fingerprint density at radius 3 is 2.87 bits per heavy atom. The number of thiophene rings is 1. The van der Waals surface area contributed by atoms with Crippen LogP contribution in [0, 0.1) is 0 Å². The van der Waals surface area contributed by atoms with E-state index in [0.717, 1.165) is 43.0 Å². The first kappa shape index (κ1) is 14.9. The van der Waals surface area contributed by atoms with Crippen LogP contribution in [-0.2, 0) is 17.6 Å². The van der Waals surface area contributed by atoms with Crippen LogP contribution in [0.15, 0.2) is 6.33 Å². The van der Waals surface area contributed by atoms with Crippen molar-refractivity contribution in [1.29, 1.82) is 0 Å². The number of amides is 1. The van der Waals surface area contributed by atoms with Gasteiger partial charge in [-0.3, -0.25) is 4.79 Å². The standard InChI is InChI=1S/C17H22N4OS/c22-14(21-9-3-4-10-21)7-8-18-16-15-12-5-1-2-6-13(12)23-17(15)20-11-19-16/h11H,1-10H2,(H,18,19,20). The highest BCUT2D eigenvalue weighted by molar-refractivity contribution is 7.19. The molecule has 0 unspecified atom stereocenters. The Morgan fingerprint density at radius 2 is 2.00 bits per heavy atom. The van der Waals surface area contributed by atoms with Crippen molar-refractivity contribution < 1.29 is 4.79 Å². The van der Waals surface area contributed by atoms with E-state index in [1.807, 2.05) is 16.2 Å². The number of carbonyl (C=O) groups excluding carboxylic acids is 1. The van der Waals surface area contributed by atoms with E-state index in [4.69, 9.17) is 0 Å². The molecule has 1 N–H and O–H groups in total. The summed E-state index contributed by atoms with van der Waals surface area (Å²) in [5.74, 6) is 1.16. The van der Waals surface area contributed by atoms with Gasteiger partial charge in [-0.1, -0.05) is 0 Å². The van der Waals surface area contributed by atoms with Crippen LogP contribution in [0.3, 0.4) is 0 Å². The molecule has 2 aliphatic rings. The summed E-state index contributed by atoms with van der Waals surface area (Å²) in [6.45, 7) is 2.50. The zero-order valence-corrected chi connectivity index (χ0v) is 14.1. The van der Waals surface area contributed by atoms with E-state index in [1.54, 1.807) is 6.33 Å². The lowest BCUT2D eigenvalue weighted by atomic mass is 9.97. The largest absolute Gasteiger partial charge is 0.369 e. The van der Waals surface area contributed by atoms with Gasteiger partial charge in [0.25, 0.3) is 0 Å². The van der Waals surface area contributed by atoms with E-state index >= 15 is 0 Å². The van der Waals surface area contributed by atoms with E-state index in [9.17, 15) is 4.79 Å². The first-order chi connectivity index (χ1) is 11.3. The van der Waals surface area contributed by atoms with Crippen LogP contribution in [0.1, 0.15) is 42.5 Å². The minimum Gasteiger partial charge on any atom is -0.369 e. The molecule has 5 nitrogen and oxygen atoms in total. The van der Waals surface area contributed by atoms with Gasteiger partial charge in [0.2, 0.25) is 5.91 Å². The third kappa shape index (κ3) is 2.92. The summed E-state index contributed by atoms with van der Waals surface area (Å²) in [6, 6.07) is 0. The topological polar surface area (TPSA) is 58.1 Å². The van der Waals surface area contributed by atoms with Gasteiger partial charge < -0.3 is 10.2 Å². The van der Waals surface area contributed by atoms with Gasteiger partial charge in [-0.25, -0.2) is 9.97 Å². The van der Waals surface area contributed by atoms with E-state index < -0.39 is 0 Å². The second kappa shape index (κ2) is 6.43. The summed E-state index contributed by atoms with van der Waals surface area (Å²) in [5, 5.41) is 4.58. The third-order valence-corrected chi connectivity index (χ3v) is 6.04. The average Bonchev–Trinajstić information content (AvgIpc) is 3.22. The van der Waals surface area contributed by atoms with Gasteiger partial charge in [0.05, 0.1) is 5.39 Å². The Morgan fingerprint density at radius 1 is 1.17 bits per heavy atom. The van der Waals surface area contributed by atoms with E-state index in [2.05, 4.69) is 15.3 Å². The van der Waals surface area contributed by atoms with Crippen molar-refractivity contribution in [2.75, 3.05) is 25.0 Å². The van der Waals surface area contributed by atoms with Crippen molar-refractivity contribution in [3.63, 3.8) is 0 Å². The molecule has 3 heterocycles. The highest BCUT2D eigenvalue weighted by Crippen LogP contribution is 2.38. The van der Waals surface area contributed by atoms with Crippen molar-refractivity contribution in [2.45, 2.75) is 44.9 Å². The number of anilines is 1. The molecule has 0 radical (unpaired) electrons. The summed E-state index contributed by atoms with van der Waals surface area (Å²) in [6.07, 6.45) is 9.29. The maximum atomic E-state index is 12.1. The second-order valence-corrected chi connectivity index (χ2v) is 7.46. The average molecular weight is 330 g/mol. The number of rotatable bonds is 4. The first-order valence-electron chi connectivity index (χ1n) is 8.60. The van der Waals surface area contributed by atoms with Crippen LogP contribution in [0.25, 0.3) is 10.2 Å². The van der Waals surface area contributed by atoms with Crippen molar-refractivity contribution in [3.05, 3.63) is 16.8 Å². The fraction of sp³-hybridized carbons (Fsp3) is 0.588. The number of carbonyl (C=O) groups is 1. The minimum absolute atomic E-state index is 0.257. The number of nitrogens with zero attached hydrogens (tertiary/aromatic N) is 3. The Kier molecular flexibility index (Phi) is 4.16. The zero-order chi connectivity index (χ0) is 15.6. The van der Waals surface area contributed by atoms with Crippen molar-refractivity contribution >= 4 is 33.3 Å². The molecule has 2 aromatic rings. The van der Waals surface area contributed by atoms with Gasteiger partial charge >= 0.3 is 0 Å². The number of hydrogen-bond donors (Lipinski definition) is 1. The number of aryl methyl sites for hydroxylation is 2. The van der Waals surface area contributed by atoms with Crippen molar-refractivity contribution in [2.24, 2.45) is 0 Å². The SMILES string of the molecule is O=C(CCNc1ncnc2sc3c(c12)CCCC3)N1CCCC1. The molecule has 0 atom stereocenters.